The highest BCUT2D eigenvalue weighted by atomic mass is 32.1. The molecule has 0 saturated heterocycles. The van der Waals surface area contributed by atoms with Crippen LogP contribution in [0.5, 0.6) is 0 Å². The van der Waals surface area contributed by atoms with Crippen LogP contribution < -0.4 is 5.73 Å². The summed E-state index contributed by atoms with van der Waals surface area (Å²) in [5, 5.41) is 4.18. The molecule has 56 valence electrons. The molecular weight excluding hydrogens is 142 g/mol. The topological polar surface area (TPSA) is 26.0 Å². The fourth-order valence-corrected chi connectivity index (χ4v) is 1.56. The molecular formula is C8H13NS. The number of rotatable bonds is 2. The first kappa shape index (κ1) is 7.76. The lowest BCUT2D eigenvalue weighted by molar-refractivity contribution is 0.515. The summed E-state index contributed by atoms with van der Waals surface area (Å²) in [7, 11) is 0. The van der Waals surface area contributed by atoms with Gasteiger partial charge in [0.05, 0.1) is 0 Å². The summed E-state index contributed by atoms with van der Waals surface area (Å²) in [6.45, 7) is 4.28. The monoisotopic (exact) mass is 155 g/mol. The Labute approximate surface area is 65.9 Å². The number of hydrogen-bond donors (Lipinski definition) is 1. The van der Waals surface area contributed by atoms with E-state index < -0.39 is 0 Å². The lowest BCUT2D eigenvalue weighted by Gasteiger charge is -2.12. The zero-order valence-electron chi connectivity index (χ0n) is 6.37. The molecule has 1 atom stereocenters. The Bertz CT molecular complexity index is 179. The summed E-state index contributed by atoms with van der Waals surface area (Å²) in [5.74, 6) is 0.537. The molecule has 1 nitrogen and oxygen atoms in total. The predicted octanol–water partition coefficient (Wildman–Crippen LogP) is 2.40. The van der Waals surface area contributed by atoms with Crippen LogP contribution in [0.4, 0.5) is 0 Å². The maximum Gasteiger partial charge on any atom is 0.0326 e. The third kappa shape index (κ3) is 1.58. The normalized spacial score (nSPS) is 14.0. The van der Waals surface area contributed by atoms with E-state index in [4.69, 9.17) is 5.73 Å². The first-order valence-electron chi connectivity index (χ1n) is 3.49. The Balaban J connectivity index is 2.68. The van der Waals surface area contributed by atoms with E-state index in [1.165, 1.54) is 5.56 Å². The molecule has 1 aromatic heterocycles. The van der Waals surface area contributed by atoms with Crippen molar-refractivity contribution in [3.8, 4) is 0 Å². The lowest BCUT2D eigenvalue weighted by atomic mass is 10.0. The van der Waals surface area contributed by atoms with Gasteiger partial charge in [0.1, 0.15) is 0 Å². The number of nitrogens with two attached hydrogens (primary N) is 1. The van der Waals surface area contributed by atoms with Crippen molar-refractivity contribution in [2.45, 2.75) is 19.9 Å². The second kappa shape index (κ2) is 3.17. The highest BCUT2D eigenvalue weighted by Gasteiger charge is 2.09. The van der Waals surface area contributed by atoms with Crippen molar-refractivity contribution in [2.24, 2.45) is 11.7 Å². The van der Waals surface area contributed by atoms with Gasteiger partial charge in [-0.3, -0.25) is 0 Å². The molecule has 1 aromatic rings. The van der Waals surface area contributed by atoms with Gasteiger partial charge in [-0.1, -0.05) is 13.8 Å². The van der Waals surface area contributed by atoms with Crippen molar-refractivity contribution in [3.63, 3.8) is 0 Å². The molecule has 0 aliphatic carbocycles. The van der Waals surface area contributed by atoms with Gasteiger partial charge in [0.15, 0.2) is 0 Å². The van der Waals surface area contributed by atoms with Crippen LogP contribution in [0.2, 0.25) is 0 Å². The van der Waals surface area contributed by atoms with Crippen LogP contribution in [-0.2, 0) is 0 Å². The summed E-state index contributed by atoms with van der Waals surface area (Å²) < 4.78 is 0. The third-order valence-corrected chi connectivity index (χ3v) is 2.35. The molecule has 0 unspecified atom stereocenters. The smallest absolute Gasteiger partial charge is 0.0326 e. The van der Waals surface area contributed by atoms with Crippen molar-refractivity contribution >= 4 is 11.3 Å². The number of thiophene rings is 1. The van der Waals surface area contributed by atoms with Gasteiger partial charge in [0.25, 0.3) is 0 Å². The first-order valence-corrected chi connectivity index (χ1v) is 4.43. The molecule has 0 saturated carbocycles. The fourth-order valence-electron chi connectivity index (χ4n) is 0.850. The molecule has 0 bridgehead atoms. The summed E-state index contributed by atoms with van der Waals surface area (Å²) in [4.78, 5) is 0. The second-order valence-electron chi connectivity index (χ2n) is 2.83. The fraction of sp³-hybridized carbons (Fsp3) is 0.500. The van der Waals surface area contributed by atoms with E-state index in [0.717, 1.165) is 0 Å². The molecule has 0 aromatic carbocycles. The maximum atomic E-state index is 5.89. The van der Waals surface area contributed by atoms with Crippen molar-refractivity contribution in [1.29, 1.82) is 0 Å². The van der Waals surface area contributed by atoms with Gasteiger partial charge in [-0.15, -0.1) is 0 Å². The molecule has 0 radical (unpaired) electrons. The quantitative estimate of drug-likeness (QED) is 0.697. The summed E-state index contributed by atoms with van der Waals surface area (Å²) in [5.41, 5.74) is 7.15. The average molecular weight is 155 g/mol. The van der Waals surface area contributed by atoms with Gasteiger partial charge >= 0.3 is 0 Å². The lowest BCUT2D eigenvalue weighted by Crippen LogP contribution is -2.15. The first-order chi connectivity index (χ1) is 4.72. The van der Waals surface area contributed by atoms with E-state index in [1.54, 1.807) is 11.3 Å². The zero-order valence-corrected chi connectivity index (χ0v) is 7.19. The standard InChI is InChI=1S/C8H13NS/c1-6(2)8(9)7-3-4-10-5-7/h3-6,8H,9H2,1-2H3/t8-/m1/s1. The molecule has 2 heteroatoms. The molecule has 1 heterocycles. The highest BCUT2D eigenvalue weighted by molar-refractivity contribution is 7.07. The molecule has 1 rings (SSSR count). The van der Waals surface area contributed by atoms with E-state index in [0.29, 0.717) is 5.92 Å². The van der Waals surface area contributed by atoms with E-state index in [2.05, 4.69) is 30.7 Å². The van der Waals surface area contributed by atoms with Crippen LogP contribution in [0, 0.1) is 5.92 Å². The predicted molar refractivity (Wildman–Crippen MR) is 46.1 cm³/mol. The van der Waals surface area contributed by atoms with Gasteiger partial charge < -0.3 is 5.73 Å². The minimum Gasteiger partial charge on any atom is -0.324 e. The van der Waals surface area contributed by atoms with Gasteiger partial charge in [0.2, 0.25) is 0 Å². The van der Waals surface area contributed by atoms with Crippen LogP contribution >= 0.6 is 11.3 Å². The van der Waals surface area contributed by atoms with Crippen LogP contribution in [0.1, 0.15) is 25.5 Å². The van der Waals surface area contributed by atoms with E-state index in [1.807, 2.05) is 0 Å². The van der Waals surface area contributed by atoms with Crippen LogP contribution in [0.3, 0.4) is 0 Å². The molecule has 10 heavy (non-hydrogen) atoms. The van der Waals surface area contributed by atoms with Crippen LogP contribution in [0.15, 0.2) is 16.8 Å². The zero-order chi connectivity index (χ0) is 7.56. The molecule has 2 N–H and O–H groups in total. The Morgan fingerprint density at radius 1 is 1.50 bits per heavy atom. The van der Waals surface area contributed by atoms with Gasteiger partial charge in [-0.2, -0.15) is 11.3 Å². The van der Waals surface area contributed by atoms with Gasteiger partial charge in [0, 0.05) is 6.04 Å². The molecule has 0 aliphatic heterocycles. The van der Waals surface area contributed by atoms with Crippen molar-refractivity contribution in [3.05, 3.63) is 22.4 Å². The average Bonchev–Trinajstić information content (AvgIpc) is 2.36. The maximum absolute atomic E-state index is 5.89. The van der Waals surface area contributed by atoms with Crippen LogP contribution in [0.25, 0.3) is 0 Å². The minimum atomic E-state index is 0.214. The van der Waals surface area contributed by atoms with Gasteiger partial charge in [-0.25, -0.2) is 0 Å². The summed E-state index contributed by atoms with van der Waals surface area (Å²) in [6.07, 6.45) is 0. The molecule has 0 fully saturated rings. The molecule has 0 amide bonds. The van der Waals surface area contributed by atoms with Crippen molar-refractivity contribution < 1.29 is 0 Å². The number of hydrogen-bond acceptors (Lipinski definition) is 2. The Morgan fingerprint density at radius 2 is 2.20 bits per heavy atom. The van der Waals surface area contributed by atoms with Crippen LogP contribution in [-0.4, -0.2) is 0 Å². The van der Waals surface area contributed by atoms with E-state index in [9.17, 15) is 0 Å². The minimum absolute atomic E-state index is 0.214. The van der Waals surface area contributed by atoms with Gasteiger partial charge in [-0.05, 0) is 28.3 Å². The Hall–Kier alpha value is -0.340. The van der Waals surface area contributed by atoms with Crippen molar-refractivity contribution in [1.82, 2.24) is 0 Å². The highest BCUT2D eigenvalue weighted by Crippen LogP contribution is 2.20. The Morgan fingerprint density at radius 3 is 2.60 bits per heavy atom. The molecule has 0 aliphatic rings. The third-order valence-electron chi connectivity index (χ3n) is 1.65. The largest absolute Gasteiger partial charge is 0.324 e. The SMILES string of the molecule is CC(C)[C@@H](N)c1ccsc1. The van der Waals surface area contributed by atoms with Crippen molar-refractivity contribution in [2.75, 3.05) is 0 Å². The second-order valence-corrected chi connectivity index (χ2v) is 3.61. The van der Waals surface area contributed by atoms with E-state index in [-0.39, 0.29) is 6.04 Å². The Kier molecular flexibility index (Phi) is 2.46. The summed E-state index contributed by atoms with van der Waals surface area (Å²) in [6, 6.07) is 2.31. The van der Waals surface area contributed by atoms with E-state index >= 15 is 0 Å². The summed E-state index contributed by atoms with van der Waals surface area (Å²) >= 11 is 1.71. The molecule has 0 spiro atoms.